The third-order valence-corrected chi connectivity index (χ3v) is 2.68. The lowest BCUT2D eigenvalue weighted by Crippen LogP contribution is -3.22. The lowest BCUT2D eigenvalue weighted by Gasteiger charge is -2.35. The van der Waals surface area contributed by atoms with Crippen LogP contribution in [0.4, 0.5) is 0 Å². The molecule has 11 heavy (non-hydrogen) atoms. The van der Waals surface area contributed by atoms with E-state index in [0.29, 0.717) is 5.54 Å². The molecule has 1 fully saturated rings. The number of rotatable bonds is 2. The van der Waals surface area contributed by atoms with E-state index < -0.39 is 0 Å². The highest BCUT2D eigenvalue weighted by Gasteiger charge is 2.32. The SMILES string of the molecule is CC(C)(C[NH3+])[NH+]1CCOCC1. The van der Waals surface area contributed by atoms with Crippen LogP contribution in [0.25, 0.3) is 0 Å². The van der Waals surface area contributed by atoms with Gasteiger partial charge in [-0.25, -0.2) is 0 Å². The minimum atomic E-state index is 0.337. The summed E-state index contributed by atoms with van der Waals surface area (Å²) in [6.45, 7) is 9.67. The summed E-state index contributed by atoms with van der Waals surface area (Å²) < 4.78 is 5.30. The molecule has 0 unspecified atom stereocenters. The predicted molar refractivity (Wildman–Crippen MR) is 43.3 cm³/mol. The van der Waals surface area contributed by atoms with Gasteiger partial charge in [-0.2, -0.15) is 0 Å². The van der Waals surface area contributed by atoms with Crippen molar-refractivity contribution in [1.82, 2.24) is 0 Å². The molecule has 1 rings (SSSR count). The highest BCUT2D eigenvalue weighted by Crippen LogP contribution is 1.92. The summed E-state index contributed by atoms with van der Waals surface area (Å²) in [7, 11) is 0. The molecular weight excluding hydrogens is 140 g/mol. The summed E-state index contributed by atoms with van der Waals surface area (Å²) in [5.41, 5.74) is 4.31. The van der Waals surface area contributed by atoms with Crippen LogP contribution in [0.1, 0.15) is 13.8 Å². The Bertz CT molecular complexity index is 119. The highest BCUT2D eigenvalue weighted by atomic mass is 16.5. The van der Waals surface area contributed by atoms with E-state index in [1.165, 1.54) is 0 Å². The first-order valence-electron chi connectivity index (χ1n) is 4.39. The van der Waals surface area contributed by atoms with Gasteiger partial charge >= 0.3 is 0 Å². The van der Waals surface area contributed by atoms with Crippen LogP contribution in [-0.2, 0) is 4.74 Å². The van der Waals surface area contributed by atoms with Crippen molar-refractivity contribution in [3.63, 3.8) is 0 Å². The Morgan fingerprint density at radius 2 is 1.91 bits per heavy atom. The second kappa shape index (κ2) is 3.52. The van der Waals surface area contributed by atoms with Crippen LogP contribution in [0.5, 0.6) is 0 Å². The molecule has 0 radical (unpaired) electrons. The van der Waals surface area contributed by atoms with Gasteiger partial charge in [0.2, 0.25) is 0 Å². The molecule has 4 N–H and O–H groups in total. The van der Waals surface area contributed by atoms with Gasteiger partial charge < -0.3 is 15.4 Å². The fraction of sp³-hybridized carbons (Fsp3) is 1.00. The van der Waals surface area contributed by atoms with Crippen molar-refractivity contribution >= 4 is 0 Å². The van der Waals surface area contributed by atoms with Crippen LogP contribution >= 0.6 is 0 Å². The second-order valence-corrected chi connectivity index (χ2v) is 3.85. The fourth-order valence-electron chi connectivity index (χ4n) is 1.47. The molecule has 3 heteroatoms. The van der Waals surface area contributed by atoms with Crippen LogP contribution in [-0.4, -0.2) is 38.4 Å². The van der Waals surface area contributed by atoms with Gasteiger partial charge in [-0.05, 0) is 13.8 Å². The number of hydrogen-bond acceptors (Lipinski definition) is 1. The molecule has 0 aromatic carbocycles. The van der Waals surface area contributed by atoms with Gasteiger partial charge in [-0.1, -0.05) is 0 Å². The van der Waals surface area contributed by atoms with Gasteiger partial charge in [0.05, 0.1) is 13.2 Å². The summed E-state index contributed by atoms with van der Waals surface area (Å²) in [6, 6.07) is 0. The van der Waals surface area contributed by atoms with Gasteiger partial charge in [0.25, 0.3) is 0 Å². The minimum Gasteiger partial charge on any atom is -0.370 e. The Hall–Kier alpha value is -0.120. The van der Waals surface area contributed by atoms with Crippen molar-refractivity contribution in [1.29, 1.82) is 0 Å². The molecule has 0 amide bonds. The number of hydrogen-bond donors (Lipinski definition) is 2. The highest BCUT2D eigenvalue weighted by molar-refractivity contribution is 4.63. The Labute approximate surface area is 68.5 Å². The zero-order chi connectivity index (χ0) is 8.32. The third kappa shape index (κ3) is 2.15. The summed E-state index contributed by atoms with van der Waals surface area (Å²) >= 11 is 0. The first-order valence-corrected chi connectivity index (χ1v) is 4.39. The molecule has 1 aliphatic heterocycles. The Balaban J connectivity index is 2.43. The number of nitrogens with one attached hydrogen (secondary N) is 1. The maximum Gasteiger partial charge on any atom is 0.141 e. The quantitative estimate of drug-likeness (QED) is 0.478. The molecule has 1 saturated heterocycles. The summed E-state index contributed by atoms with van der Waals surface area (Å²) in [5.74, 6) is 0. The normalized spacial score (nSPS) is 22.1. The second-order valence-electron chi connectivity index (χ2n) is 3.85. The molecule has 3 nitrogen and oxygen atoms in total. The lowest BCUT2D eigenvalue weighted by atomic mass is 10.0. The molecule has 66 valence electrons. The minimum absolute atomic E-state index is 0.337. The zero-order valence-electron chi connectivity index (χ0n) is 7.65. The van der Waals surface area contributed by atoms with E-state index in [0.717, 1.165) is 32.8 Å². The van der Waals surface area contributed by atoms with Crippen molar-refractivity contribution in [3.8, 4) is 0 Å². The molecular formula is C8H20N2O+2. The molecule has 1 aliphatic rings. The molecule has 0 aliphatic carbocycles. The number of ether oxygens (including phenoxy) is 1. The van der Waals surface area contributed by atoms with Crippen LogP contribution in [0.3, 0.4) is 0 Å². The Morgan fingerprint density at radius 3 is 2.36 bits per heavy atom. The smallest absolute Gasteiger partial charge is 0.141 e. The maximum absolute atomic E-state index is 5.30. The van der Waals surface area contributed by atoms with Gasteiger partial charge in [0.15, 0.2) is 0 Å². The fourth-order valence-corrected chi connectivity index (χ4v) is 1.47. The molecule has 0 atom stereocenters. The largest absolute Gasteiger partial charge is 0.370 e. The van der Waals surface area contributed by atoms with Crippen LogP contribution in [0.2, 0.25) is 0 Å². The molecule has 0 spiro atoms. The van der Waals surface area contributed by atoms with E-state index in [4.69, 9.17) is 4.74 Å². The standard InChI is InChI=1S/C8H18N2O/c1-8(2,7-9)10-3-5-11-6-4-10/h3-7,9H2,1-2H3/p+2. The van der Waals surface area contributed by atoms with Crippen LogP contribution < -0.4 is 10.6 Å². The average molecular weight is 160 g/mol. The van der Waals surface area contributed by atoms with Gasteiger partial charge in [0, 0.05) is 0 Å². The van der Waals surface area contributed by atoms with E-state index in [2.05, 4.69) is 19.6 Å². The van der Waals surface area contributed by atoms with Gasteiger partial charge in [-0.3, -0.25) is 0 Å². The third-order valence-electron chi connectivity index (χ3n) is 2.68. The molecule has 0 bridgehead atoms. The van der Waals surface area contributed by atoms with E-state index in [-0.39, 0.29) is 0 Å². The first kappa shape index (κ1) is 8.97. The topological polar surface area (TPSA) is 41.3 Å². The van der Waals surface area contributed by atoms with Crippen LogP contribution in [0.15, 0.2) is 0 Å². The Morgan fingerprint density at radius 1 is 1.36 bits per heavy atom. The monoisotopic (exact) mass is 160 g/mol. The summed E-state index contributed by atoms with van der Waals surface area (Å²) in [5, 5.41) is 0. The zero-order valence-corrected chi connectivity index (χ0v) is 7.65. The van der Waals surface area contributed by atoms with E-state index >= 15 is 0 Å². The predicted octanol–water partition coefficient (Wildman–Crippen LogP) is -2.08. The first-order chi connectivity index (χ1) is 5.17. The molecule has 0 saturated carbocycles. The van der Waals surface area contributed by atoms with Crippen molar-refractivity contribution in [2.75, 3.05) is 32.8 Å². The van der Waals surface area contributed by atoms with E-state index in [1.807, 2.05) is 0 Å². The van der Waals surface area contributed by atoms with Crippen molar-refractivity contribution in [2.24, 2.45) is 0 Å². The van der Waals surface area contributed by atoms with Crippen molar-refractivity contribution in [2.45, 2.75) is 19.4 Å². The summed E-state index contributed by atoms with van der Waals surface area (Å²) in [4.78, 5) is 1.64. The number of morpholine rings is 1. The molecule has 0 aromatic heterocycles. The van der Waals surface area contributed by atoms with Gasteiger partial charge in [-0.15, -0.1) is 0 Å². The van der Waals surface area contributed by atoms with Crippen molar-refractivity contribution in [3.05, 3.63) is 0 Å². The number of quaternary nitrogens is 2. The Kier molecular flexibility index (Phi) is 2.87. The van der Waals surface area contributed by atoms with E-state index in [1.54, 1.807) is 4.90 Å². The molecule has 0 aromatic rings. The summed E-state index contributed by atoms with van der Waals surface area (Å²) in [6.07, 6.45) is 0. The van der Waals surface area contributed by atoms with Gasteiger partial charge in [0.1, 0.15) is 25.2 Å². The average Bonchev–Trinajstić information content (AvgIpc) is 2.06. The van der Waals surface area contributed by atoms with Crippen molar-refractivity contribution < 1.29 is 15.4 Å². The lowest BCUT2D eigenvalue weighted by molar-refractivity contribution is -0.961. The maximum atomic E-state index is 5.30. The van der Waals surface area contributed by atoms with E-state index in [9.17, 15) is 0 Å². The van der Waals surface area contributed by atoms with Crippen LogP contribution in [0, 0.1) is 0 Å². The molecule has 1 heterocycles.